The molecule has 136 valence electrons. The van der Waals surface area contributed by atoms with Crippen molar-refractivity contribution in [2.24, 2.45) is 11.0 Å². The quantitative estimate of drug-likeness (QED) is 0.784. The third kappa shape index (κ3) is 3.92. The normalized spacial score (nSPS) is 17.7. The van der Waals surface area contributed by atoms with Gasteiger partial charge in [0.05, 0.1) is 31.9 Å². The summed E-state index contributed by atoms with van der Waals surface area (Å²) in [6.45, 7) is 3.96. The van der Waals surface area contributed by atoms with Gasteiger partial charge >= 0.3 is 0 Å². The molecule has 0 spiro atoms. The van der Waals surface area contributed by atoms with Gasteiger partial charge in [-0.25, -0.2) is 5.43 Å². The summed E-state index contributed by atoms with van der Waals surface area (Å²) in [4.78, 5) is 12.3. The predicted molar refractivity (Wildman–Crippen MR) is 101 cm³/mol. The Morgan fingerprint density at radius 1 is 1.28 bits per heavy atom. The molecule has 2 rings (SSSR count). The molecule has 0 aromatic heterocycles. The molecule has 0 saturated heterocycles. The first-order chi connectivity index (χ1) is 12.0. The first-order valence-electron chi connectivity index (χ1n) is 7.88. The van der Waals surface area contributed by atoms with E-state index in [4.69, 9.17) is 14.2 Å². The number of rotatable bonds is 6. The fourth-order valence-electron chi connectivity index (χ4n) is 2.76. The Balaban J connectivity index is 2.57. The van der Waals surface area contributed by atoms with Gasteiger partial charge in [-0.15, -0.1) is 11.8 Å². The van der Waals surface area contributed by atoms with Crippen LogP contribution in [0.5, 0.6) is 17.2 Å². The van der Waals surface area contributed by atoms with Crippen molar-refractivity contribution in [2.75, 3.05) is 27.6 Å². The molecule has 0 radical (unpaired) electrons. The van der Waals surface area contributed by atoms with Gasteiger partial charge in [-0.1, -0.05) is 6.92 Å². The highest BCUT2D eigenvalue weighted by atomic mass is 32.2. The lowest BCUT2D eigenvalue weighted by molar-refractivity contribution is -0.121. The second-order valence-corrected chi connectivity index (χ2v) is 6.55. The molecule has 1 unspecified atom stereocenters. The minimum Gasteiger partial charge on any atom is -0.495 e. The molecular formula is C18H24N2O4S. The van der Waals surface area contributed by atoms with Crippen LogP contribution < -0.4 is 19.6 Å². The number of hydrazone groups is 1. The van der Waals surface area contributed by atoms with Gasteiger partial charge in [0.2, 0.25) is 5.91 Å². The highest BCUT2D eigenvalue weighted by molar-refractivity contribution is 7.98. The molecule has 1 atom stereocenters. The molecule has 7 heteroatoms. The van der Waals surface area contributed by atoms with E-state index in [1.807, 2.05) is 32.2 Å². The monoisotopic (exact) mass is 364 g/mol. The standard InChI is InChI=1S/C18H24N2O4S/c1-10(7-13-11(2)8-15(21)20-19-13)12-9-14(22-3)18(25-6)17(24-5)16(12)23-4/h7,9,11H,8H2,1-6H3,(H,20,21). The SMILES string of the molecule is COc1cc(C(C)=CC2=NNC(=O)CC2C)c(OC)c(OC)c1SC. The molecule has 1 aromatic rings. The minimum atomic E-state index is -0.0625. The molecule has 25 heavy (non-hydrogen) atoms. The Morgan fingerprint density at radius 2 is 1.96 bits per heavy atom. The Kier molecular flexibility index (Phi) is 6.36. The summed E-state index contributed by atoms with van der Waals surface area (Å²) in [5, 5.41) is 4.16. The van der Waals surface area contributed by atoms with Crippen molar-refractivity contribution in [3.63, 3.8) is 0 Å². The number of hydrogen-bond donors (Lipinski definition) is 1. The molecule has 0 aliphatic carbocycles. The number of nitrogens with one attached hydrogen (secondary N) is 1. The van der Waals surface area contributed by atoms with E-state index in [2.05, 4.69) is 10.5 Å². The number of amides is 1. The number of hydrogen-bond acceptors (Lipinski definition) is 6. The van der Waals surface area contributed by atoms with E-state index in [1.165, 1.54) is 11.8 Å². The van der Waals surface area contributed by atoms with Gasteiger partial charge in [-0.05, 0) is 30.9 Å². The van der Waals surface area contributed by atoms with Crippen LogP contribution in [0.15, 0.2) is 22.1 Å². The number of methoxy groups -OCH3 is 3. The van der Waals surface area contributed by atoms with Crippen molar-refractivity contribution in [3.05, 3.63) is 17.7 Å². The van der Waals surface area contributed by atoms with Crippen molar-refractivity contribution in [2.45, 2.75) is 25.2 Å². The lowest BCUT2D eigenvalue weighted by atomic mass is 9.96. The average Bonchev–Trinajstić information content (AvgIpc) is 2.61. The summed E-state index contributed by atoms with van der Waals surface area (Å²) in [5.41, 5.74) is 5.17. The maximum atomic E-state index is 11.4. The van der Waals surface area contributed by atoms with Crippen molar-refractivity contribution in [3.8, 4) is 17.2 Å². The Morgan fingerprint density at radius 3 is 2.48 bits per heavy atom. The van der Waals surface area contributed by atoms with E-state index >= 15 is 0 Å². The number of nitrogens with zero attached hydrogens (tertiary/aromatic N) is 1. The van der Waals surface area contributed by atoms with Crippen LogP contribution in [0.2, 0.25) is 0 Å². The Labute approximate surface area is 152 Å². The van der Waals surface area contributed by atoms with E-state index in [1.54, 1.807) is 21.3 Å². The molecule has 1 aromatic carbocycles. The summed E-state index contributed by atoms with van der Waals surface area (Å²) < 4.78 is 16.7. The van der Waals surface area contributed by atoms with Gasteiger partial charge in [0.15, 0.2) is 11.5 Å². The van der Waals surface area contributed by atoms with Crippen LogP contribution in [-0.4, -0.2) is 39.2 Å². The first-order valence-corrected chi connectivity index (χ1v) is 9.11. The number of carbonyl (C=O) groups excluding carboxylic acids is 1. The van der Waals surface area contributed by atoms with E-state index < -0.39 is 0 Å². The van der Waals surface area contributed by atoms with E-state index in [9.17, 15) is 4.79 Å². The van der Waals surface area contributed by atoms with E-state index in [0.29, 0.717) is 17.9 Å². The van der Waals surface area contributed by atoms with Crippen LogP contribution in [0.1, 0.15) is 25.8 Å². The summed E-state index contributed by atoms with van der Waals surface area (Å²) in [6.07, 6.45) is 4.35. The highest BCUT2D eigenvalue weighted by Crippen LogP contribution is 2.47. The topological polar surface area (TPSA) is 69.2 Å². The fraction of sp³-hybridized carbons (Fsp3) is 0.444. The molecule has 0 fully saturated rings. The lowest BCUT2D eigenvalue weighted by Gasteiger charge is -2.20. The number of benzene rings is 1. The molecule has 1 aliphatic rings. The smallest absolute Gasteiger partial charge is 0.240 e. The maximum Gasteiger partial charge on any atom is 0.240 e. The van der Waals surface area contributed by atoms with Crippen molar-refractivity contribution >= 4 is 29.0 Å². The largest absolute Gasteiger partial charge is 0.495 e. The van der Waals surface area contributed by atoms with Crippen molar-refractivity contribution in [1.82, 2.24) is 5.43 Å². The van der Waals surface area contributed by atoms with Gasteiger partial charge in [-0.2, -0.15) is 5.10 Å². The van der Waals surface area contributed by atoms with Crippen LogP contribution in [0.25, 0.3) is 5.57 Å². The lowest BCUT2D eigenvalue weighted by Crippen LogP contribution is -2.30. The Hall–Kier alpha value is -2.15. The van der Waals surface area contributed by atoms with Gasteiger partial charge in [0.25, 0.3) is 0 Å². The molecule has 1 aliphatic heterocycles. The van der Waals surface area contributed by atoms with Gasteiger partial charge < -0.3 is 14.2 Å². The van der Waals surface area contributed by atoms with Gasteiger partial charge in [0, 0.05) is 17.9 Å². The third-order valence-corrected chi connectivity index (χ3v) is 4.88. The van der Waals surface area contributed by atoms with Crippen molar-refractivity contribution < 1.29 is 19.0 Å². The van der Waals surface area contributed by atoms with E-state index in [-0.39, 0.29) is 11.8 Å². The van der Waals surface area contributed by atoms with Crippen LogP contribution in [0.4, 0.5) is 0 Å². The van der Waals surface area contributed by atoms with Gasteiger partial charge in [0.1, 0.15) is 5.75 Å². The summed E-state index contributed by atoms with van der Waals surface area (Å²) in [6, 6.07) is 1.94. The van der Waals surface area contributed by atoms with E-state index in [0.717, 1.165) is 27.5 Å². The van der Waals surface area contributed by atoms with Crippen LogP contribution in [0, 0.1) is 5.92 Å². The number of thioether (sulfide) groups is 1. The van der Waals surface area contributed by atoms with Gasteiger partial charge in [-0.3, -0.25) is 4.79 Å². The molecule has 1 amide bonds. The molecule has 6 nitrogen and oxygen atoms in total. The summed E-state index contributed by atoms with van der Waals surface area (Å²) in [5.74, 6) is 2.01. The predicted octanol–water partition coefficient (Wildman–Crippen LogP) is 3.35. The second-order valence-electron chi connectivity index (χ2n) is 5.73. The maximum absolute atomic E-state index is 11.4. The minimum absolute atomic E-state index is 0.0592. The summed E-state index contributed by atoms with van der Waals surface area (Å²) >= 11 is 1.54. The third-order valence-electron chi connectivity index (χ3n) is 4.08. The van der Waals surface area contributed by atoms with Crippen molar-refractivity contribution in [1.29, 1.82) is 0 Å². The van der Waals surface area contributed by atoms with Crippen LogP contribution in [-0.2, 0) is 4.79 Å². The second kappa shape index (κ2) is 8.29. The molecular weight excluding hydrogens is 340 g/mol. The molecule has 1 N–H and O–H groups in total. The zero-order valence-corrected chi connectivity index (χ0v) is 16.2. The molecule has 0 bridgehead atoms. The number of allylic oxidation sites excluding steroid dienone is 2. The fourth-order valence-corrected chi connectivity index (χ4v) is 3.47. The highest BCUT2D eigenvalue weighted by Gasteiger charge is 2.23. The molecule has 0 saturated carbocycles. The number of ether oxygens (including phenoxy) is 3. The molecule has 1 heterocycles. The summed E-state index contributed by atoms with van der Waals surface area (Å²) in [7, 11) is 4.86. The zero-order valence-electron chi connectivity index (χ0n) is 15.4. The number of carbonyl (C=O) groups is 1. The average molecular weight is 364 g/mol. The Bertz CT molecular complexity index is 728. The zero-order chi connectivity index (χ0) is 18.6. The van der Waals surface area contributed by atoms with Crippen LogP contribution >= 0.6 is 11.8 Å². The van der Waals surface area contributed by atoms with Crippen LogP contribution in [0.3, 0.4) is 0 Å². The first kappa shape index (κ1) is 19.2.